The Labute approximate surface area is 110 Å². The van der Waals surface area contributed by atoms with E-state index in [0.29, 0.717) is 16.1 Å². The van der Waals surface area contributed by atoms with Gasteiger partial charge in [-0.15, -0.1) is 5.10 Å². The van der Waals surface area contributed by atoms with Gasteiger partial charge in [0.05, 0.1) is 5.02 Å². The molecular weight excluding hydrogens is 310 g/mol. The first-order valence-electron chi connectivity index (χ1n) is 5.10. The molecule has 0 unspecified atom stereocenters. The summed E-state index contributed by atoms with van der Waals surface area (Å²) in [4.78, 5) is 0. The first-order chi connectivity index (χ1) is 8.16. The molecule has 1 aromatic heterocycles. The van der Waals surface area contributed by atoms with Gasteiger partial charge in [-0.2, -0.15) is 4.68 Å². The molecule has 0 saturated heterocycles. The Hall–Kier alpha value is -1.01. The molecule has 0 N–H and O–H groups in total. The topological polar surface area (TPSA) is 43.6 Å². The minimum absolute atomic E-state index is 0.283. The van der Waals surface area contributed by atoms with Gasteiger partial charge < -0.3 is 0 Å². The summed E-state index contributed by atoms with van der Waals surface area (Å²) in [6, 6.07) is 2.60. The first-order valence-corrected chi connectivity index (χ1v) is 6.27. The summed E-state index contributed by atoms with van der Waals surface area (Å²) in [5, 5.41) is 11.8. The van der Waals surface area contributed by atoms with Crippen LogP contribution in [0.25, 0.3) is 5.69 Å². The molecule has 0 amide bonds. The van der Waals surface area contributed by atoms with E-state index in [1.165, 1.54) is 12.1 Å². The van der Waals surface area contributed by atoms with E-state index in [1.54, 1.807) is 4.68 Å². The monoisotopic (exact) mass is 316 g/mol. The molecule has 0 bridgehead atoms. The van der Waals surface area contributed by atoms with Crippen LogP contribution >= 0.6 is 27.5 Å². The number of nitrogens with zero attached hydrogens (tertiary/aromatic N) is 4. The summed E-state index contributed by atoms with van der Waals surface area (Å²) in [5.41, 5.74) is 0.583. The number of benzene rings is 1. The molecule has 0 spiro atoms. The molecule has 1 aliphatic carbocycles. The second-order valence-electron chi connectivity index (χ2n) is 3.94. The highest BCUT2D eigenvalue weighted by atomic mass is 79.9. The average Bonchev–Trinajstić information content (AvgIpc) is 2.98. The molecule has 0 radical (unpaired) electrons. The van der Waals surface area contributed by atoms with E-state index in [0.717, 1.165) is 18.7 Å². The van der Waals surface area contributed by atoms with Crippen molar-refractivity contribution in [3.63, 3.8) is 0 Å². The highest BCUT2D eigenvalue weighted by molar-refractivity contribution is 9.10. The standard InChI is InChI=1S/C10H7BrClFN4/c11-7-3-6(13)4-8(12)9(7)17-10(5-1-2-5)14-15-16-17/h3-5H,1-2H2. The number of halogens is 3. The van der Waals surface area contributed by atoms with E-state index < -0.39 is 5.82 Å². The van der Waals surface area contributed by atoms with Crippen LogP contribution in [0.2, 0.25) is 5.02 Å². The summed E-state index contributed by atoms with van der Waals surface area (Å²) in [7, 11) is 0. The Morgan fingerprint density at radius 1 is 1.41 bits per heavy atom. The molecule has 0 aliphatic heterocycles. The van der Waals surface area contributed by atoms with Gasteiger partial charge in [0.25, 0.3) is 0 Å². The van der Waals surface area contributed by atoms with Gasteiger partial charge in [-0.05, 0) is 51.3 Å². The number of hydrogen-bond donors (Lipinski definition) is 0. The van der Waals surface area contributed by atoms with Crippen LogP contribution < -0.4 is 0 Å². The average molecular weight is 318 g/mol. The Morgan fingerprint density at radius 3 is 2.82 bits per heavy atom. The van der Waals surface area contributed by atoms with Crippen LogP contribution in [0.15, 0.2) is 16.6 Å². The lowest BCUT2D eigenvalue weighted by atomic mass is 10.3. The molecule has 7 heteroatoms. The molecular formula is C10H7BrClFN4. The van der Waals surface area contributed by atoms with Gasteiger partial charge in [-0.1, -0.05) is 11.6 Å². The summed E-state index contributed by atoms with van der Waals surface area (Å²) < 4.78 is 15.3. The summed E-state index contributed by atoms with van der Waals surface area (Å²) in [6.07, 6.45) is 2.16. The van der Waals surface area contributed by atoms with Crippen LogP contribution in [0.3, 0.4) is 0 Å². The maximum Gasteiger partial charge on any atom is 0.159 e. The van der Waals surface area contributed by atoms with Gasteiger partial charge in [0.15, 0.2) is 5.82 Å². The lowest BCUT2D eigenvalue weighted by Gasteiger charge is -2.08. The van der Waals surface area contributed by atoms with Crippen molar-refractivity contribution in [3.8, 4) is 5.69 Å². The quantitative estimate of drug-likeness (QED) is 0.855. The third kappa shape index (κ3) is 1.95. The van der Waals surface area contributed by atoms with Crippen molar-refractivity contribution in [2.75, 3.05) is 0 Å². The minimum Gasteiger partial charge on any atom is -0.207 e. The van der Waals surface area contributed by atoms with Crippen molar-refractivity contribution in [1.82, 2.24) is 20.2 Å². The first kappa shape index (κ1) is 11.1. The summed E-state index contributed by atoms with van der Waals surface area (Å²) in [5.74, 6) is 0.767. The van der Waals surface area contributed by atoms with E-state index in [9.17, 15) is 4.39 Å². The lowest BCUT2D eigenvalue weighted by molar-refractivity contribution is 0.625. The zero-order chi connectivity index (χ0) is 12.0. The van der Waals surface area contributed by atoms with Crippen molar-refractivity contribution in [1.29, 1.82) is 0 Å². The predicted molar refractivity (Wildman–Crippen MR) is 63.8 cm³/mol. The van der Waals surface area contributed by atoms with Crippen LogP contribution in [0, 0.1) is 5.82 Å². The second kappa shape index (κ2) is 4.03. The molecule has 88 valence electrons. The number of rotatable bonds is 2. The molecule has 1 heterocycles. The molecule has 3 rings (SSSR count). The Bertz CT molecular complexity index is 558. The van der Waals surface area contributed by atoms with Crippen molar-refractivity contribution in [2.24, 2.45) is 0 Å². The molecule has 17 heavy (non-hydrogen) atoms. The lowest BCUT2D eigenvalue weighted by Crippen LogP contribution is -2.04. The van der Waals surface area contributed by atoms with Crippen molar-refractivity contribution < 1.29 is 4.39 Å². The Morgan fingerprint density at radius 2 is 2.18 bits per heavy atom. The molecule has 1 aliphatic rings. The van der Waals surface area contributed by atoms with Crippen molar-refractivity contribution >= 4 is 27.5 Å². The number of hydrogen-bond acceptors (Lipinski definition) is 3. The third-order valence-corrected chi connectivity index (χ3v) is 3.52. The molecule has 0 atom stereocenters. The molecule has 2 aromatic rings. The maximum atomic E-state index is 13.1. The van der Waals surface area contributed by atoms with Crippen LogP contribution in [-0.4, -0.2) is 20.2 Å². The van der Waals surface area contributed by atoms with Gasteiger partial charge in [0.2, 0.25) is 0 Å². The van der Waals surface area contributed by atoms with Gasteiger partial charge in [0, 0.05) is 10.4 Å². The zero-order valence-corrected chi connectivity index (χ0v) is 10.9. The second-order valence-corrected chi connectivity index (χ2v) is 5.20. The van der Waals surface area contributed by atoms with Crippen LogP contribution in [0.5, 0.6) is 0 Å². The van der Waals surface area contributed by atoms with E-state index in [1.807, 2.05) is 0 Å². The van der Waals surface area contributed by atoms with Crippen molar-refractivity contribution in [3.05, 3.63) is 33.3 Å². The summed E-state index contributed by atoms with van der Waals surface area (Å²) in [6.45, 7) is 0. The zero-order valence-electron chi connectivity index (χ0n) is 8.57. The Balaban J connectivity index is 2.17. The van der Waals surface area contributed by atoms with E-state index in [4.69, 9.17) is 11.6 Å². The highest BCUT2D eigenvalue weighted by Crippen LogP contribution is 2.40. The fourth-order valence-electron chi connectivity index (χ4n) is 1.69. The molecule has 4 nitrogen and oxygen atoms in total. The van der Waals surface area contributed by atoms with E-state index in [-0.39, 0.29) is 5.02 Å². The number of tetrazole rings is 1. The fraction of sp³-hybridized carbons (Fsp3) is 0.300. The smallest absolute Gasteiger partial charge is 0.159 e. The van der Waals surface area contributed by atoms with Crippen LogP contribution in [-0.2, 0) is 0 Å². The van der Waals surface area contributed by atoms with Gasteiger partial charge in [0.1, 0.15) is 11.5 Å². The van der Waals surface area contributed by atoms with Crippen molar-refractivity contribution in [2.45, 2.75) is 18.8 Å². The number of aromatic nitrogens is 4. The van der Waals surface area contributed by atoms with Crippen LogP contribution in [0.1, 0.15) is 24.6 Å². The molecule has 1 saturated carbocycles. The minimum atomic E-state index is -0.397. The largest absolute Gasteiger partial charge is 0.207 e. The maximum absolute atomic E-state index is 13.1. The molecule has 1 aromatic carbocycles. The third-order valence-electron chi connectivity index (χ3n) is 2.63. The van der Waals surface area contributed by atoms with Crippen LogP contribution in [0.4, 0.5) is 4.39 Å². The van der Waals surface area contributed by atoms with E-state index in [2.05, 4.69) is 31.5 Å². The van der Waals surface area contributed by atoms with Gasteiger partial charge >= 0.3 is 0 Å². The van der Waals surface area contributed by atoms with E-state index >= 15 is 0 Å². The van der Waals surface area contributed by atoms with Gasteiger partial charge in [-0.25, -0.2) is 4.39 Å². The highest BCUT2D eigenvalue weighted by Gasteiger charge is 2.31. The SMILES string of the molecule is Fc1cc(Cl)c(-n2nnnc2C2CC2)c(Br)c1. The Kier molecular flexibility index (Phi) is 2.63. The summed E-state index contributed by atoms with van der Waals surface area (Å²) >= 11 is 9.32. The normalized spacial score (nSPS) is 15.2. The predicted octanol–water partition coefficient (Wildman–Crippen LogP) is 3.09. The van der Waals surface area contributed by atoms with Gasteiger partial charge in [-0.3, -0.25) is 0 Å². The fourth-order valence-corrected chi connectivity index (χ4v) is 2.69. The molecule has 1 fully saturated rings.